The molecule has 2 aliphatic rings. The lowest BCUT2D eigenvalue weighted by molar-refractivity contribution is -0.140. The Morgan fingerprint density at radius 2 is 1.66 bits per heavy atom. The van der Waals surface area contributed by atoms with Crippen molar-refractivity contribution in [3.05, 3.63) is 71.8 Å². The summed E-state index contributed by atoms with van der Waals surface area (Å²) in [6.07, 6.45) is 4.99. The number of hydrogen-bond acceptors (Lipinski definition) is 3. The molecule has 4 rings (SSSR count). The van der Waals surface area contributed by atoms with Gasteiger partial charge in [-0.2, -0.15) is 0 Å². The minimum absolute atomic E-state index is 0.0230. The summed E-state index contributed by atoms with van der Waals surface area (Å²) in [6, 6.07) is 18.7. The molecule has 2 amide bonds. The molecule has 1 atom stereocenters. The third kappa shape index (κ3) is 5.21. The van der Waals surface area contributed by atoms with Gasteiger partial charge in [0, 0.05) is 56.4 Å². The number of piperazine rings is 1. The van der Waals surface area contributed by atoms with Crippen LogP contribution in [-0.2, 0) is 9.59 Å². The van der Waals surface area contributed by atoms with Gasteiger partial charge in [-0.15, -0.1) is 0 Å². The highest BCUT2D eigenvalue weighted by Crippen LogP contribution is 2.25. The Labute approximate surface area is 191 Å². The van der Waals surface area contributed by atoms with Crippen molar-refractivity contribution in [3.63, 3.8) is 0 Å². The molecular formula is C27H33N3O2. The predicted molar refractivity (Wildman–Crippen MR) is 129 cm³/mol. The van der Waals surface area contributed by atoms with Crippen LogP contribution in [0.4, 0.5) is 5.69 Å². The maximum absolute atomic E-state index is 13.2. The second-order valence-corrected chi connectivity index (χ2v) is 9.01. The number of carbonyl (C=O) groups excluding carboxylic acids is 2. The van der Waals surface area contributed by atoms with Crippen molar-refractivity contribution in [1.82, 2.24) is 9.80 Å². The summed E-state index contributed by atoms with van der Waals surface area (Å²) in [6.45, 7) is 7.98. The molecule has 2 aromatic rings. The third-order valence-corrected chi connectivity index (χ3v) is 6.65. The molecule has 168 valence electrons. The molecule has 5 nitrogen and oxygen atoms in total. The molecule has 0 N–H and O–H groups in total. The van der Waals surface area contributed by atoms with E-state index in [1.807, 2.05) is 46.2 Å². The van der Waals surface area contributed by atoms with Crippen LogP contribution < -0.4 is 4.90 Å². The van der Waals surface area contributed by atoms with Crippen LogP contribution >= 0.6 is 0 Å². The molecule has 0 bridgehead atoms. The van der Waals surface area contributed by atoms with E-state index in [2.05, 4.69) is 43.0 Å². The lowest BCUT2D eigenvalue weighted by Crippen LogP contribution is -2.55. The van der Waals surface area contributed by atoms with Crippen molar-refractivity contribution >= 4 is 23.6 Å². The highest BCUT2D eigenvalue weighted by Gasteiger charge is 2.33. The predicted octanol–water partition coefficient (Wildman–Crippen LogP) is 3.98. The first-order valence-electron chi connectivity index (χ1n) is 11.7. The molecule has 2 fully saturated rings. The maximum atomic E-state index is 13.2. The van der Waals surface area contributed by atoms with E-state index in [0.29, 0.717) is 19.1 Å². The van der Waals surface area contributed by atoms with Crippen molar-refractivity contribution in [2.75, 3.05) is 37.6 Å². The topological polar surface area (TPSA) is 43.9 Å². The van der Waals surface area contributed by atoms with Gasteiger partial charge in [-0.25, -0.2) is 0 Å². The van der Waals surface area contributed by atoms with Crippen molar-refractivity contribution in [2.24, 2.45) is 5.92 Å². The lowest BCUT2D eigenvalue weighted by Gasteiger charge is -2.43. The summed E-state index contributed by atoms with van der Waals surface area (Å²) in [5, 5.41) is 0. The fourth-order valence-electron chi connectivity index (χ4n) is 4.79. The smallest absolute Gasteiger partial charge is 0.246 e. The number of anilines is 1. The average molecular weight is 432 g/mol. The summed E-state index contributed by atoms with van der Waals surface area (Å²) in [7, 11) is 0. The highest BCUT2D eigenvalue weighted by atomic mass is 16.2. The Hall–Kier alpha value is -3.08. The first-order valence-corrected chi connectivity index (χ1v) is 11.7. The molecular weight excluding hydrogens is 398 g/mol. The van der Waals surface area contributed by atoms with Gasteiger partial charge in [0.25, 0.3) is 0 Å². The van der Waals surface area contributed by atoms with E-state index in [0.717, 1.165) is 38.0 Å². The van der Waals surface area contributed by atoms with Gasteiger partial charge >= 0.3 is 0 Å². The number of carbonyl (C=O) groups is 2. The standard InChI is InChI=1S/C27H33N3O2/c1-21-7-6-10-25(19-21)30-18-17-29(20-22(30)2)27(32)24-13-15-28(16-14-24)26(31)12-11-23-8-4-3-5-9-23/h3-12,19,22,24H,13-18,20H2,1-2H3/b12-11+. The zero-order valence-corrected chi connectivity index (χ0v) is 19.1. The summed E-state index contributed by atoms with van der Waals surface area (Å²) in [5.74, 6) is 0.308. The van der Waals surface area contributed by atoms with Crippen LogP contribution in [0.15, 0.2) is 60.7 Å². The molecule has 32 heavy (non-hydrogen) atoms. The lowest BCUT2D eigenvalue weighted by atomic mass is 9.94. The van der Waals surface area contributed by atoms with E-state index < -0.39 is 0 Å². The fraction of sp³-hybridized carbons (Fsp3) is 0.407. The molecule has 0 aromatic heterocycles. The van der Waals surface area contributed by atoms with E-state index in [9.17, 15) is 9.59 Å². The molecule has 2 aliphatic heterocycles. The molecule has 2 saturated heterocycles. The summed E-state index contributed by atoms with van der Waals surface area (Å²) < 4.78 is 0. The van der Waals surface area contributed by atoms with Gasteiger partial charge in [-0.05, 0) is 56.0 Å². The first kappa shape index (κ1) is 22.1. The van der Waals surface area contributed by atoms with Crippen LogP contribution in [0.5, 0.6) is 0 Å². The molecule has 0 aliphatic carbocycles. The van der Waals surface area contributed by atoms with Gasteiger partial charge in [0.15, 0.2) is 0 Å². The number of nitrogens with zero attached hydrogens (tertiary/aromatic N) is 3. The first-order chi connectivity index (χ1) is 15.5. The Morgan fingerprint density at radius 1 is 0.906 bits per heavy atom. The van der Waals surface area contributed by atoms with E-state index in [1.165, 1.54) is 11.3 Å². The fourth-order valence-corrected chi connectivity index (χ4v) is 4.79. The van der Waals surface area contributed by atoms with Crippen molar-refractivity contribution in [3.8, 4) is 0 Å². The average Bonchev–Trinajstić information content (AvgIpc) is 2.82. The van der Waals surface area contributed by atoms with E-state index >= 15 is 0 Å². The van der Waals surface area contributed by atoms with Crippen LogP contribution in [0, 0.1) is 12.8 Å². The van der Waals surface area contributed by atoms with Crippen molar-refractivity contribution in [2.45, 2.75) is 32.7 Å². The quantitative estimate of drug-likeness (QED) is 0.688. The van der Waals surface area contributed by atoms with E-state index in [1.54, 1.807) is 6.08 Å². The van der Waals surface area contributed by atoms with Crippen LogP contribution in [-0.4, -0.2) is 60.4 Å². The van der Waals surface area contributed by atoms with Crippen LogP contribution in [0.3, 0.4) is 0 Å². The molecule has 5 heteroatoms. The van der Waals surface area contributed by atoms with Gasteiger partial charge in [-0.3, -0.25) is 9.59 Å². The number of piperidine rings is 1. The van der Waals surface area contributed by atoms with E-state index in [4.69, 9.17) is 0 Å². The summed E-state index contributed by atoms with van der Waals surface area (Å²) in [5.41, 5.74) is 3.51. The molecule has 2 heterocycles. The van der Waals surface area contributed by atoms with Crippen LogP contribution in [0.25, 0.3) is 6.08 Å². The van der Waals surface area contributed by atoms with Gasteiger partial charge in [0.2, 0.25) is 11.8 Å². The Balaban J connectivity index is 1.27. The largest absolute Gasteiger partial charge is 0.365 e. The van der Waals surface area contributed by atoms with Crippen LogP contribution in [0.2, 0.25) is 0 Å². The van der Waals surface area contributed by atoms with Crippen LogP contribution in [0.1, 0.15) is 30.9 Å². The number of benzene rings is 2. The molecule has 1 unspecified atom stereocenters. The number of likely N-dealkylation sites (tertiary alicyclic amines) is 1. The normalized spacial score (nSPS) is 20.1. The minimum Gasteiger partial charge on any atom is -0.365 e. The Bertz CT molecular complexity index is 964. The summed E-state index contributed by atoms with van der Waals surface area (Å²) in [4.78, 5) is 32.0. The SMILES string of the molecule is Cc1cccc(N2CCN(C(=O)C3CCN(C(=O)/C=C/c4ccccc4)CC3)CC2C)c1. The zero-order chi connectivity index (χ0) is 22.5. The molecule has 0 saturated carbocycles. The second-order valence-electron chi connectivity index (χ2n) is 9.01. The second kappa shape index (κ2) is 10.0. The molecule has 2 aromatic carbocycles. The monoisotopic (exact) mass is 431 g/mol. The van der Waals surface area contributed by atoms with Crippen molar-refractivity contribution in [1.29, 1.82) is 0 Å². The molecule has 0 spiro atoms. The number of amides is 2. The highest BCUT2D eigenvalue weighted by molar-refractivity contribution is 5.92. The number of aryl methyl sites for hydroxylation is 1. The summed E-state index contributed by atoms with van der Waals surface area (Å²) >= 11 is 0. The third-order valence-electron chi connectivity index (χ3n) is 6.65. The van der Waals surface area contributed by atoms with E-state index in [-0.39, 0.29) is 17.7 Å². The Morgan fingerprint density at radius 3 is 2.34 bits per heavy atom. The van der Waals surface area contributed by atoms with Gasteiger partial charge in [-0.1, -0.05) is 42.5 Å². The number of hydrogen-bond donors (Lipinski definition) is 0. The zero-order valence-electron chi connectivity index (χ0n) is 19.1. The Kier molecular flexibility index (Phi) is 6.93. The maximum Gasteiger partial charge on any atom is 0.246 e. The van der Waals surface area contributed by atoms with Gasteiger partial charge in [0.05, 0.1) is 0 Å². The number of rotatable bonds is 4. The van der Waals surface area contributed by atoms with Crippen molar-refractivity contribution < 1.29 is 9.59 Å². The van der Waals surface area contributed by atoms with Gasteiger partial charge in [0.1, 0.15) is 0 Å². The molecule has 0 radical (unpaired) electrons. The minimum atomic E-state index is 0.0230. The van der Waals surface area contributed by atoms with Gasteiger partial charge < -0.3 is 14.7 Å².